The van der Waals surface area contributed by atoms with Crippen LogP contribution in [0, 0.1) is 0 Å². The number of anilines is 1. The number of benzene rings is 3. The van der Waals surface area contributed by atoms with Crippen LogP contribution in [0.5, 0.6) is 5.75 Å². The van der Waals surface area contributed by atoms with Gasteiger partial charge >= 0.3 is 5.97 Å². The maximum atomic E-state index is 12.4. The van der Waals surface area contributed by atoms with Crippen molar-refractivity contribution in [2.75, 3.05) is 18.1 Å². The van der Waals surface area contributed by atoms with Crippen LogP contribution in [0.3, 0.4) is 0 Å². The molecule has 0 bridgehead atoms. The number of para-hydroxylation sites is 1. The summed E-state index contributed by atoms with van der Waals surface area (Å²) in [4.78, 5) is 19.4. The smallest absolute Gasteiger partial charge is 0.338 e. The average Bonchev–Trinajstić information content (AvgIpc) is 2.88. The Kier molecular flexibility index (Phi) is 6.43. The number of nitrogens with zero attached hydrogens (tertiary/aromatic N) is 2. The van der Waals surface area contributed by atoms with Gasteiger partial charge in [-0.2, -0.15) is 0 Å². The van der Waals surface area contributed by atoms with Gasteiger partial charge in [-0.3, -0.25) is 0 Å². The molecule has 172 valence electrons. The van der Waals surface area contributed by atoms with E-state index < -0.39 is 0 Å². The highest BCUT2D eigenvalue weighted by Crippen LogP contribution is 2.32. The maximum absolute atomic E-state index is 12.4. The van der Waals surface area contributed by atoms with E-state index in [9.17, 15) is 4.79 Å². The monoisotopic (exact) mass is 452 g/mol. The molecule has 0 radical (unpaired) electrons. The maximum Gasteiger partial charge on any atom is 0.338 e. The van der Waals surface area contributed by atoms with Gasteiger partial charge in [0, 0.05) is 24.2 Å². The van der Waals surface area contributed by atoms with Gasteiger partial charge in [-0.15, -0.1) is 0 Å². The van der Waals surface area contributed by atoms with E-state index >= 15 is 0 Å². The van der Waals surface area contributed by atoms with Gasteiger partial charge in [-0.1, -0.05) is 42.5 Å². The molecule has 0 saturated heterocycles. The van der Waals surface area contributed by atoms with E-state index in [1.165, 1.54) is 11.3 Å². The van der Waals surface area contributed by atoms with Crippen molar-refractivity contribution in [3.63, 3.8) is 0 Å². The third-order valence-electron chi connectivity index (χ3n) is 6.18. The molecule has 1 aromatic heterocycles. The highest BCUT2D eigenvalue weighted by Gasteiger charge is 2.20. The summed E-state index contributed by atoms with van der Waals surface area (Å²) in [6.45, 7) is 4.25. The molecule has 34 heavy (non-hydrogen) atoms. The van der Waals surface area contributed by atoms with Crippen LogP contribution in [0.4, 0.5) is 5.69 Å². The molecule has 0 amide bonds. The minimum atomic E-state index is -0.263. The molecular formula is C29H28N2O3. The number of fused-ring (bicyclic) bond motifs is 2. The van der Waals surface area contributed by atoms with Gasteiger partial charge in [-0.25, -0.2) is 9.78 Å². The first-order chi connectivity index (χ1) is 16.7. The molecule has 5 heteroatoms. The zero-order valence-corrected chi connectivity index (χ0v) is 19.4. The van der Waals surface area contributed by atoms with Crippen molar-refractivity contribution in [1.82, 2.24) is 4.98 Å². The predicted octanol–water partition coefficient (Wildman–Crippen LogP) is 5.94. The SMILES string of the molecule is CCOC(=O)c1ccccc1CN1CCCc2cc(OCc3ccc4ccccc4n3)ccc21. The lowest BCUT2D eigenvalue weighted by Gasteiger charge is -2.32. The first kappa shape index (κ1) is 22.0. The van der Waals surface area contributed by atoms with Crippen LogP contribution in [0.1, 0.15) is 40.5 Å². The molecule has 0 aliphatic carbocycles. The number of hydrogen-bond donors (Lipinski definition) is 0. The highest BCUT2D eigenvalue weighted by atomic mass is 16.5. The van der Waals surface area contributed by atoms with Gasteiger partial charge < -0.3 is 14.4 Å². The first-order valence-corrected chi connectivity index (χ1v) is 11.8. The molecule has 0 unspecified atom stereocenters. The van der Waals surface area contributed by atoms with Crippen molar-refractivity contribution >= 4 is 22.6 Å². The number of carbonyl (C=O) groups is 1. The zero-order chi connectivity index (χ0) is 23.3. The van der Waals surface area contributed by atoms with Gasteiger partial charge in [0.2, 0.25) is 0 Å². The molecule has 1 aliphatic heterocycles. The Morgan fingerprint density at radius 2 is 1.85 bits per heavy atom. The van der Waals surface area contributed by atoms with Gasteiger partial charge in [-0.05, 0) is 67.3 Å². The van der Waals surface area contributed by atoms with Crippen LogP contribution in [0.25, 0.3) is 10.9 Å². The molecule has 0 atom stereocenters. The van der Waals surface area contributed by atoms with Crippen LogP contribution >= 0.6 is 0 Å². The highest BCUT2D eigenvalue weighted by molar-refractivity contribution is 5.91. The van der Waals surface area contributed by atoms with Crippen LogP contribution in [0.2, 0.25) is 0 Å². The van der Waals surface area contributed by atoms with Gasteiger partial charge in [0.15, 0.2) is 0 Å². The fourth-order valence-electron chi connectivity index (χ4n) is 4.52. The molecule has 0 N–H and O–H groups in total. The van der Waals surface area contributed by atoms with Crippen LogP contribution in [-0.2, 0) is 24.3 Å². The first-order valence-electron chi connectivity index (χ1n) is 11.8. The Morgan fingerprint density at radius 3 is 2.76 bits per heavy atom. The number of hydrogen-bond acceptors (Lipinski definition) is 5. The lowest BCUT2D eigenvalue weighted by Crippen LogP contribution is -2.29. The standard InChI is InChI=1S/C29H28N2O3/c1-2-33-29(32)26-11-5-3-9-23(26)19-31-17-7-10-22-18-25(15-16-28(22)31)34-20-24-14-13-21-8-4-6-12-27(21)30-24/h3-6,8-9,11-16,18H,2,7,10,17,19-20H2,1H3. The average molecular weight is 453 g/mol. The van der Waals surface area contributed by atoms with E-state index in [1.54, 1.807) is 0 Å². The lowest BCUT2D eigenvalue weighted by molar-refractivity contribution is 0.0525. The van der Waals surface area contributed by atoms with Gasteiger partial charge in [0.25, 0.3) is 0 Å². The number of aromatic nitrogens is 1. The van der Waals surface area contributed by atoms with Gasteiger partial charge in [0.05, 0.1) is 23.4 Å². The number of ether oxygens (including phenoxy) is 2. The van der Waals surface area contributed by atoms with Crippen LogP contribution < -0.4 is 9.64 Å². The molecule has 3 aromatic carbocycles. The lowest BCUT2D eigenvalue weighted by atomic mass is 9.99. The Balaban J connectivity index is 1.31. The fourth-order valence-corrected chi connectivity index (χ4v) is 4.52. The number of esters is 1. The quantitative estimate of drug-likeness (QED) is 0.325. The Labute approximate surface area is 200 Å². The molecule has 0 fully saturated rings. The Morgan fingerprint density at radius 1 is 1.00 bits per heavy atom. The van der Waals surface area contributed by atoms with Gasteiger partial charge in [0.1, 0.15) is 12.4 Å². The predicted molar refractivity (Wildman–Crippen MR) is 134 cm³/mol. The summed E-state index contributed by atoms with van der Waals surface area (Å²) in [5.41, 5.74) is 5.97. The summed E-state index contributed by atoms with van der Waals surface area (Å²) in [5.74, 6) is 0.587. The number of aryl methyl sites for hydroxylation is 1. The summed E-state index contributed by atoms with van der Waals surface area (Å²) >= 11 is 0. The van der Waals surface area contributed by atoms with E-state index in [0.29, 0.717) is 25.3 Å². The molecule has 0 spiro atoms. The Bertz CT molecular complexity index is 1320. The van der Waals surface area contributed by atoms with Crippen molar-refractivity contribution < 1.29 is 14.3 Å². The summed E-state index contributed by atoms with van der Waals surface area (Å²) in [5, 5.41) is 1.13. The second kappa shape index (κ2) is 9.96. The molecule has 0 saturated carbocycles. The second-order valence-electron chi connectivity index (χ2n) is 8.48. The van der Waals surface area contributed by atoms with Crippen molar-refractivity contribution in [3.05, 3.63) is 101 Å². The minimum Gasteiger partial charge on any atom is -0.487 e. The molecule has 5 rings (SSSR count). The zero-order valence-electron chi connectivity index (χ0n) is 19.4. The largest absolute Gasteiger partial charge is 0.487 e. The summed E-state index contributed by atoms with van der Waals surface area (Å²) in [7, 11) is 0. The number of carbonyl (C=O) groups excluding carboxylic acids is 1. The van der Waals surface area contributed by atoms with E-state index in [-0.39, 0.29) is 5.97 Å². The van der Waals surface area contributed by atoms with Crippen molar-refractivity contribution in [2.24, 2.45) is 0 Å². The molecule has 5 nitrogen and oxygen atoms in total. The van der Waals surface area contributed by atoms with Crippen LogP contribution in [-0.4, -0.2) is 24.1 Å². The third kappa shape index (κ3) is 4.74. The van der Waals surface area contributed by atoms with Crippen molar-refractivity contribution in [3.8, 4) is 5.75 Å². The molecular weight excluding hydrogens is 424 g/mol. The summed E-state index contributed by atoms with van der Waals surface area (Å²) in [6.07, 6.45) is 2.07. The van der Waals surface area contributed by atoms with E-state index in [2.05, 4.69) is 29.2 Å². The second-order valence-corrected chi connectivity index (χ2v) is 8.48. The van der Waals surface area contributed by atoms with Crippen molar-refractivity contribution in [1.29, 1.82) is 0 Å². The van der Waals surface area contributed by atoms with E-state index in [1.807, 2.05) is 61.5 Å². The van der Waals surface area contributed by atoms with Crippen molar-refractivity contribution in [2.45, 2.75) is 32.9 Å². The Hall–Kier alpha value is -3.86. The summed E-state index contributed by atoms with van der Waals surface area (Å²) < 4.78 is 11.3. The minimum absolute atomic E-state index is 0.263. The fraction of sp³-hybridized carbons (Fsp3) is 0.241. The van der Waals surface area contributed by atoms with Crippen LogP contribution in [0.15, 0.2) is 78.9 Å². The van der Waals surface area contributed by atoms with E-state index in [4.69, 9.17) is 14.5 Å². The molecule has 1 aliphatic rings. The topological polar surface area (TPSA) is 51.7 Å². The van der Waals surface area contributed by atoms with E-state index in [0.717, 1.165) is 47.3 Å². The third-order valence-corrected chi connectivity index (χ3v) is 6.18. The number of rotatable bonds is 7. The number of pyridine rings is 1. The molecule has 2 heterocycles. The normalized spacial score (nSPS) is 12.9. The molecule has 4 aromatic rings. The summed E-state index contributed by atoms with van der Waals surface area (Å²) in [6, 6.07) is 26.2.